The maximum absolute atomic E-state index is 5.78. The Morgan fingerprint density at radius 3 is 2.50 bits per heavy atom. The SMILES string of the molecule is CCCN(CCC)Cc1nnc(-c2cccc(C)c2)o1. The highest BCUT2D eigenvalue weighted by atomic mass is 16.4. The Labute approximate surface area is 120 Å². The van der Waals surface area contributed by atoms with Crippen molar-refractivity contribution in [3.05, 3.63) is 35.7 Å². The molecule has 2 aromatic rings. The Balaban J connectivity index is 2.08. The zero-order chi connectivity index (χ0) is 14.4. The number of hydrogen-bond acceptors (Lipinski definition) is 4. The Bertz CT molecular complexity index is 530. The molecule has 108 valence electrons. The van der Waals surface area contributed by atoms with Crippen molar-refractivity contribution in [2.45, 2.75) is 40.2 Å². The van der Waals surface area contributed by atoms with E-state index in [1.165, 1.54) is 5.56 Å². The summed E-state index contributed by atoms with van der Waals surface area (Å²) in [6, 6.07) is 8.13. The number of nitrogens with zero attached hydrogens (tertiary/aromatic N) is 3. The molecule has 0 atom stereocenters. The predicted octanol–water partition coefficient (Wildman–Crippen LogP) is 3.67. The molecule has 0 saturated carbocycles. The molecule has 0 saturated heterocycles. The Morgan fingerprint density at radius 1 is 1.10 bits per heavy atom. The zero-order valence-corrected chi connectivity index (χ0v) is 12.6. The van der Waals surface area contributed by atoms with Gasteiger partial charge < -0.3 is 4.42 Å². The molecule has 1 heterocycles. The molecule has 1 aromatic carbocycles. The fourth-order valence-corrected chi connectivity index (χ4v) is 2.31. The van der Waals surface area contributed by atoms with Crippen molar-refractivity contribution in [3.8, 4) is 11.5 Å². The van der Waals surface area contributed by atoms with Gasteiger partial charge in [0.15, 0.2) is 0 Å². The minimum atomic E-state index is 0.608. The lowest BCUT2D eigenvalue weighted by atomic mass is 10.1. The molecule has 0 aliphatic rings. The number of aryl methyl sites for hydroxylation is 1. The summed E-state index contributed by atoms with van der Waals surface area (Å²) in [7, 11) is 0. The van der Waals surface area contributed by atoms with Crippen molar-refractivity contribution in [2.24, 2.45) is 0 Å². The summed E-state index contributed by atoms with van der Waals surface area (Å²) in [6.07, 6.45) is 2.28. The molecular formula is C16H23N3O. The predicted molar refractivity (Wildman–Crippen MR) is 80.3 cm³/mol. The zero-order valence-electron chi connectivity index (χ0n) is 12.6. The van der Waals surface area contributed by atoms with Gasteiger partial charge in [-0.2, -0.15) is 0 Å². The second-order valence-corrected chi connectivity index (χ2v) is 5.15. The van der Waals surface area contributed by atoms with Crippen LogP contribution in [-0.2, 0) is 6.54 Å². The molecule has 0 radical (unpaired) electrons. The van der Waals surface area contributed by atoms with Gasteiger partial charge in [0.2, 0.25) is 11.8 Å². The van der Waals surface area contributed by atoms with Crippen molar-refractivity contribution in [1.29, 1.82) is 0 Å². The molecule has 0 bridgehead atoms. The van der Waals surface area contributed by atoms with Gasteiger partial charge in [-0.15, -0.1) is 10.2 Å². The Hall–Kier alpha value is -1.68. The molecule has 0 fully saturated rings. The summed E-state index contributed by atoms with van der Waals surface area (Å²) < 4.78 is 5.78. The summed E-state index contributed by atoms with van der Waals surface area (Å²) >= 11 is 0. The van der Waals surface area contributed by atoms with E-state index in [1.54, 1.807) is 0 Å². The number of hydrogen-bond donors (Lipinski definition) is 0. The van der Waals surface area contributed by atoms with E-state index in [0.717, 1.165) is 38.0 Å². The maximum Gasteiger partial charge on any atom is 0.247 e. The molecule has 0 aliphatic heterocycles. The first-order chi connectivity index (χ1) is 9.72. The quantitative estimate of drug-likeness (QED) is 0.772. The topological polar surface area (TPSA) is 42.2 Å². The summed E-state index contributed by atoms with van der Waals surface area (Å²) in [5.74, 6) is 1.31. The highest BCUT2D eigenvalue weighted by Gasteiger charge is 2.12. The van der Waals surface area contributed by atoms with E-state index in [1.807, 2.05) is 12.1 Å². The van der Waals surface area contributed by atoms with Crippen molar-refractivity contribution in [1.82, 2.24) is 15.1 Å². The molecule has 0 amide bonds. The van der Waals surface area contributed by atoms with Crippen molar-refractivity contribution < 1.29 is 4.42 Å². The van der Waals surface area contributed by atoms with Crippen LogP contribution in [0.3, 0.4) is 0 Å². The van der Waals surface area contributed by atoms with Gasteiger partial charge in [-0.1, -0.05) is 31.5 Å². The van der Waals surface area contributed by atoms with E-state index in [-0.39, 0.29) is 0 Å². The van der Waals surface area contributed by atoms with Gasteiger partial charge in [-0.05, 0) is 45.0 Å². The molecule has 0 N–H and O–H groups in total. The van der Waals surface area contributed by atoms with Crippen LogP contribution in [0.2, 0.25) is 0 Å². The van der Waals surface area contributed by atoms with Crippen LogP contribution in [0.5, 0.6) is 0 Å². The minimum absolute atomic E-state index is 0.608. The van der Waals surface area contributed by atoms with E-state index in [9.17, 15) is 0 Å². The third-order valence-electron chi connectivity index (χ3n) is 3.17. The van der Waals surface area contributed by atoms with Gasteiger partial charge in [0.1, 0.15) is 0 Å². The highest BCUT2D eigenvalue weighted by Crippen LogP contribution is 2.19. The summed E-state index contributed by atoms with van der Waals surface area (Å²) in [6.45, 7) is 9.31. The lowest BCUT2D eigenvalue weighted by Crippen LogP contribution is -2.25. The smallest absolute Gasteiger partial charge is 0.247 e. The van der Waals surface area contributed by atoms with Gasteiger partial charge in [0, 0.05) is 5.56 Å². The van der Waals surface area contributed by atoms with Gasteiger partial charge in [0.25, 0.3) is 0 Å². The normalized spacial score (nSPS) is 11.2. The summed E-state index contributed by atoms with van der Waals surface area (Å²) in [5.41, 5.74) is 2.18. The van der Waals surface area contributed by atoms with E-state index in [0.29, 0.717) is 11.8 Å². The first-order valence-corrected chi connectivity index (χ1v) is 7.34. The average molecular weight is 273 g/mol. The summed E-state index contributed by atoms with van der Waals surface area (Å²) in [5, 5.41) is 8.33. The highest BCUT2D eigenvalue weighted by molar-refractivity contribution is 5.53. The van der Waals surface area contributed by atoms with E-state index in [4.69, 9.17) is 4.42 Å². The molecule has 0 spiro atoms. The minimum Gasteiger partial charge on any atom is -0.419 e. The maximum atomic E-state index is 5.78. The second-order valence-electron chi connectivity index (χ2n) is 5.15. The van der Waals surface area contributed by atoms with Gasteiger partial charge in [0.05, 0.1) is 6.54 Å². The van der Waals surface area contributed by atoms with Crippen LogP contribution in [0.1, 0.15) is 38.1 Å². The van der Waals surface area contributed by atoms with Crippen molar-refractivity contribution >= 4 is 0 Å². The third kappa shape index (κ3) is 3.90. The van der Waals surface area contributed by atoms with Gasteiger partial charge in [-0.3, -0.25) is 4.90 Å². The first-order valence-electron chi connectivity index (χ1n) is 7.34. The third-order valence-corrected chi connectivity index (χ3v) is 3.17. The number of aromatic nitrogens is 2. The molecule has 2 rings (SSSR count). The van der Waals surface area contributed by atoms with Crippen LogP contribution in [0.15, 0.2) is 28.7 Å². The van der Waals surface area contributed by atoms with E-state index < -0.39 is 0 Å². The Kier molecular flexibility index (Phi) is 5.30. The van der Waals surface area contributed by atoms with Crippen LogP contribution in [0.25, 0.3) is 11.5 Å². The number of benzene rings is 1. The van der Waals surface area contributed by atoms with Crippen LogP contribution >= 0.6 is 0 Å². The van der Waals surface area contributed by atoms with E-state index in [2.05, 4.69) is 48.0 Å². The standard InChI is InChI=1S/C16H23N3O/c1-4-9-19(10-5-2)12-15-17-18-16(20-15)14-8-6-7-13(3)11-14/h6-8,11H,4-5,9-10,12H2,1-3H3. The van der Waals surface area contributed by atoms with Crippen molar-refractivity contribution in [2.75, 3.05) is 13.1 Å². The lowest BCUT2D eigenvalue weighted by Gasteiger charge is -2.18. The fourth-order valence-electron chi connectivity index (χ4n) is 2.31. The van der Waals surface area contributed by atoms with Crippen LogP contribution in [-0.4, -0.2) is 28.2 Å². The van der Waals surface area contributed by atoms with Crippen molar-refractivity contribution in [3.63, 3.8) is 0 Å². The van der Waals surface area contributed by atoms with E-state index >= 15 is 0 Å². The monoisotopic (exact) mass is 273 g/mol. The molecule has 20 heavy (non-hydrogen) atoms. The molecule has 0 aliphatic carbocycles. The average Bonchev–Trinajstić information content (AvgIpc) is 2.88. The summed E-state index contributed by atoms with van der Waals surface area (Å²) in [4.78, 5) is 2.35. The molecular weight excluding hydrogens is 250 g/mol. The molecule has 4 heteroatoms. The molecule has 1 aromatic heterocycles. The largest absolute Gasteiger partial charge is 0.419 e. The van der Waals surface area contributed by atoms with Gasteiger partial charge in [-0.25, -0.2) is 0 Å². The van der Waals surface area contributed by atoms with Gasteiger partial charge >= 0.3 is 0 Å². The molecule has 4 nitrogen and oxygen atoms in total. The van der Waals surface area contributed by atoms with Crippen LogP contribution < -0.4 is 0 Å². The van der Waals surface area contributed by atoms with Crippen LogP contribution in [0.4, 0.5) is 0 Å². The lowest BCUT2D eigenvalue weighted by molar-refractivity contribution is 0.240. The fraction of sp³-hybridized carbons (Fsp3) is 0.500. The Morgan fingerprint density at radius 2 is 1.85 bits per heavy atom. The first kappa shape index (κ1) is 14.7. The molecule has 0 unspecified atom stereocenters. The second kappa shape index (κ2) is 7.20. The van der Waals surface area contributed by atoms with Crippen LogP contribution in [0, 0.1) is 6.92 Å². The number of rotatable bonds is 7.